The van der Waals surface area contributed by atoms with Crippen LogP contribution in [0.25, 0.3) is 11.0 Å². The first kappa shape index (κ1) is 10.9. The zero-order valence-electron chi connectivity index (χ0n) is 5.45. The molecule has 0 atom stereocenters. The fourth-order valence-electron chi connectivity index (χ4n) is 0.880. The largest absolute Gasteiger partial charge is 0.345 e. The van der Waals surface area contributed by atoms with Crippen LogP contribution in [0.5, 0.6) is 0 Å². The van der Waals surface area contributed by atoms with E-state index in [2.05, 4.69) is 9.97 Å². The quantitative estimate of drug-likeness (QED) is 0.732. The average molecular weight is 288 g/mol. The van der Waals surface area contributed by atoms with E-state index in [-0.39, 0.29) is 37.5 Å². The third-order valence-corrected chi connectivity index (χ3v) is 1.33. The van der Waals surface area contributed by atoms with Gasteiger partial charge >= 0.3 is 0 Å². The molecule has 0 aliphatic rings. The van der Waals surface area contributed by atoms with Gasteiger partial charge < -0.3 is 4.98 Å². The number of fused-ring (bicyclic) bond motifs is 1. The fraction of sp³-hybridized carbons (Fsp3) is 0. The van der Waals surface area contributed by atoms with Gasteiger partial charge in [-0.25, -0.2) is 4.98 Å². The molecule has 1 N–H and O–H groups in total. The first-order valence-corrected chi connectivity index (χ1v) is 2.85. The van der Waals surface area contributed by atoms with Crippen molar-refractivity contribution in [2.45, 2.75) is 0 Å². The van der Waals surface area contributed by atoms with E-state index < -0.39 is 0 Å². The smallest absolute Gasteiger partial charge is 0.0931 e. The summed E-state index contributed by atoms with van der Waals surface area (Å²) < 4.78 is 0. The van der Waals surface area contributed by atoms with Crippen LogP contribution in [0.3, 0.4) is 0 Å². The molecule has 0 aliphatic carbocycles. The van der Waals surface area contributed by atoms with Crippen molar-refractivity contribution >= 4 is 11.0 Å². The molecule has 1 heterocycles. The van der Waals surface area contributed by atoms with Crippen LogP contribution in [0, 0.1) is 0 Å². The molecule has 1 aromatic heterocycles. The molecule has 2 nitrogen and oxygen atoms in total. The van der Waals surface area contributed by atoms with E-state index in [1.807, 2.05) is 24.3 Å². The Hall–Kier alpha value is -0.128. The third kappa shape index (κ3) is 2.15. The monoisotopic (exact) mass is 287 g/mol. The van der Waals surface area contributed by atoms with Crippen LogP contribution in [0.1, 0.15) is 0 Å². The normalized spacial score (nSPS) is 8.36. The Morgan fingerprint density at radius 2 is 1.91 bits per heavy atom. The van der Waals surface area contributed by atoms with Crippen LogP contribution in [0.2, 0.25) is 0 Å². The number of nitrogens with zero attached hydrogens (tertiary/aromatic N) is 1. The number of benzene rings is 1. The summed E-state index contributed by atoms with van der Waals surface area (Å²) in [5.41, 5.74) is 2.12. The van der Waals surface area contributed by atoms with Gasteiger partial charge in [0.25, 0.3) is 0 Å². The maximum Gasteiger partial charge on any atom is 0.0931 e. The van der Waals surface area contributed by atoms with Gasteiger partial charge in [0.1, 0.15) is 0 Å². The third-order valence-electron chi connectivity index (χ3n) is 1.33. The van der Waals surface area contributed by atoms with Gasteiger partial charge in [0.2, 0.25) is 0 Å². The zero-order valence-corrected chi connectivity index (χ0v) is 7.95. The second kappa shape index (κ2) is 4.69. The number of hydrogen-bond acceptors (Lipinski definition) is 1. The minimum atomic E-state index is 0. The molecule has 2 rings (SSSR count). The zero-order chi connectivity index (χ0) is 6.10. The number of H-pyrrole nitrogens is 1. The predicted octanol–water partition coefficient (Wildman–Crippen LogP) is 1.56. The van der Waals surface area contributed by atoms with Gasteiger partial charge in [-0.1, -0.05) is 12.1 Å². The van der Waals surface area contributed by atoms with Crippen molar-refractivity contribution in [1.82, 2.24) is 9.97 Å². The molecule has 0 amide bonds. The summed E-state index contributed by atoms with van der Waals surface area (Å²) in [7, 11) is 0. The number of hydrogen-bond donors (Lipinski definition) is 1. The summed E-state index contributed by atoms with van der Waals surface area (Å²) in [6.07, 6.45) is 1.70. The summed E-state index contributed by atoms with van der Waals surface area (Å²) in [5.74, 6) is 0. The molecule has 0 unspecified atom stereocenters. The maximum atomic E-state index is 4.06. The summed E-state index contributed by atoms with van der Waals surface area (Å²) in [5, 5.41) is 0. The molecular formula is C7H6CuN2Pd. The first-order chi connectivity index (χ1) is 4.47. The van der Waals surface area contributed by atoms with Gasteiger partial charge in [-0.15, -0.1) is 0 Å². The molecule has 65 valence electrons. The Labute approximate surface area is 88.9 Å². The van der Waals surface area contributed by atoms with E-state index in [0.717, 1.165) is 11.0 Å². The molecule has 2 aromatic rings. The second-order valence-electron chi connectivity index (χ2n) is 1.92. The molecule has 0 fully saturated rings. The first-order valence-electron chi connectivity index (χ1n) is 2.85. The van der Waals surface area contributed by atoms with Crippen LogP contribution >= 0.6 is 0 Å². The van der Waals surface area contributed by atoms with E-state index >= 15 is 0 Å². The predicted molar refractivity (Wildman–Crippen MR) is 36.1 cm³/mol. The van der Waals surface area contributed by atoms with Crippen molar-refractivity contribution in [2.75, 3.05) is 0 Å². The second-order valence-corrected chi connectivity index (χ2v) is 1.92. The Balaban J connectivity index is 0.000000500. The molecule has 0 spiro atoms. The van der Waals surface area contributed by atoms with Crippen molar-refractivity contribution in [3.63, 3.8) is 0 Å². The number of imidazole rings is 1. The van der Waals surface area contributed by atoms with E-state index in [4.69, 9.17) is 0 Å². The number of rotatable bonds is 0. The van der Waals surface area contributed by atoms with Crippen molar-refractivity contribution in [3.8, 4) is 0 Å². The standard InChI is InChI=1S/C7H6N2.Cu.Pd/c1-2-4-7-6(3-1)8-5-9-7;;/h1-5H,(H,8,9);;. The Morgan fingerprint density at radius 3 is 2.64 bits per heavy atom. The SMILES string of the molecule is [Cu].[Pd].c1ccc2[nH]cnc2c1. The van der Waals surface area contributed by atoms with Crippen LogP contribution in [-0.4, -0.2) is 9.97 Å². The summed E-state index contributed by atoms with van der Waals surface area (Å²) >= 11 is 0. The van der Waals surface area contributed by atoms with Crippen LogP contribution in [0.4, 0.5) is 0 Å². The van der Waals surface area contributed by atoms with Crippen molar-refractivity contribution in [1.29, 1.82) is 0 Å². The number of aromatic nitrogens is 2. The Morgan fingerprint density at radius 1 is 1.18 bits per heavy atom. The van der Waals surface area contributed by atoms with Gasteiger partial charge in [-0.05, 0) is 12.1 Å². The average Bonchev–Trinajstić information content (AvgIpc) is 2.33. The number of nitrogens with one attached hydrogen (secondary N) is 1. The molecule has 1 aromatic carbocycles. The summed E-state index contributed by atoms with van der Waals surface area (Å²) in [6.45, 7) is 0. The molecule has 4 heteroatoms. The number of para-hydroxylation sites is 2. The van der Waals surface area contributed by atoms with E-state index in [9.17, 15) is 0 Å². The molecule has 11 heavy (non-hydrogen) atoms. The van der Waals surface area contributed by atoms with Crippen LogP contribution in [0.15, 0.2) is 30.6 Å². The Bertz CT molecular complexity index is 290. The summed E-state index contributed by atoms with van der Waals surface area (Å²) in [4.78, 5) is 7.07. The fourth-order valence-corrected chi connectivity index (χ4v) is 0.880. The van der Waals surface area contributed by atoms with Gasteiger partial charge in [-0.2, -0.15) is 0 Å². The van der Waals surface area contributed by atoms with Crippen molar-refractivity contribution < 1.29 is 37.5 Å². The van der Waals surface area contributed by atoms with Gasteiger partial charge in [0.15, 0.2) is 0 Å². The molecule has 0 bridgehead atoms. The van der Waals surface area contributed by atoms with Gasteiger partial charge in [0, 0.05) is 37.5 Å². The van der Waals surface area contributed by atoms with E-state index in [1.165, 1.54) is 0 Å². The minimum Gasteiger partial charge on any atom is -0.345 e. The molecule has 0 aliphatic heterocycles. The topological polar surface area (TPSA) is 28.7 Å². The van der Waals surface area contributed by atoms with E-state index in [0.29, 0.717) is 0 Å². The minimum absolute atomic E-state index is 0. The van der Waals surface area contributed by atoms with Crippen molar-refractivity contribution in [3.05, 3.63) is 30.6 Å². The molecule has 0 saturated carbocycles. The van der Waals surface area contributed by atoms with E-state index in [1.54, 1.807) is 6.33 Å². The molecular weight excluding hydrogens is 282 g/mol. The molecule has 0 saturated heterocycles. The van der Waals surface area contributed by atoms with Gasteiger partial charge in [0.05, 0.1) is 17.4 Å². The maximum absolute atomic E-state index is 4.06. The van der Waals surface area contributed by atoms with Gasteiger partial charge in [-0.3, -0.25) is 0 Å². The van der Waals surface area contributed by atoms with Crippen molar-refractivity contribution in [2.24, 2.45) is 0 Å². The number of aromatic amines is 1. The van der Waals surface area contributed by atoms with Crippen LogP contribution in [-0.2, 0) is 37.5 Å². The summed E-state index contributed by atoms with van der Waals surface area (Å²) in [6, 6.07) is 7.94. The molecule has 1 radical (unpaired) electrons. The Kier molecular flexibility index (Phi) is 4.64. The van der Waals surface area contributed by atoms with Crippen LogP contribution < -0.4 is 0 Å².